The summed E-state index contributed by atoms with van der Waals surface area (Å²) in [7, 11) is 0. The highest BCUT2D eigenvalue weighted by atomic mass is 32.1. The molecule has 3 nitrogen and oxygen atoms in total. The molecular weight excluding hydrogens is 316 g/mol. The highest BCUT2D eigenvalue weighted by Gasteiger charge is 2.33. The van der Waals surface area contributed by atoms with Crippen molar-refractivity contribution in [3.8, 4) is 0 Å². The number of benzene rings is 1. The number of nitrogens with one attached hydrogen (secondary N) is 1. The van der Waals surface area contributed by atoms with E-state index in [4.69, 9.17) is 5.73 Å². The summed E-state index contributed by atoms with van der Waals surface area (Å²) >= 11 is 1.60. The molecule has 1 aliphatic carbocycles. The number of nitrogen functional groups attached to an aromatic ring is 1. The van der Waals surface area contributed by atoms with Crippen LogP contribution in [0.5, 0.6) is 0 Å². The Kier molecular flexibility index (Phi) is 4.43. The molecule has 1 aliphatic rings. The molecule has 1 aromatic heterocycles. The third-order valence-electron chi connectivity index (χ3n) is 5.02. The van der Waals surface area contributed by atoms with Crippen LogP contribution >= 0.6 is 11.3 Å². The second-order valence-corrected chi connectivity index (χ2v) is 9.01. The Bertz CT molecular complexity index is 770. The highest BCUT2D eigenvalue weighted by Crippen LogP contribution is 2.43. The van der Waals surface area contributed by atoms with Crippen molar-refractivity contribution in [2.75, 3.05) is 11.1 Å². The van der Waals surface area contributed by atoms with Crippen molar-refractivity contribution in [2.24, 2.45) is 11.3 Å². The number of aryl methyl sites for hydroxylation is 1. The second-order valence-electron chi connectivity index (χ2n) is 7.87. The molecule has 4 heteroatoms. The normalized spacial score (nSPS) is 17.4. The zero-order valence-electron chi connectivity index (χ0n) is 14.9. The zero-order valence-corrected chi connectivity index (χ0v) is 15.7. The summed E-state index contributed by atoms with van der Waals surface area (Å²) in [6, 6.07) is 7.85. The Morgan fingerprint density at radius 1 is 1.33 bits per heavy atom. The molecule has 0 unspecified atom stereocenters. The van der Waals surface area contributed by atoms with Crippen LogP contribution in [0.3, 0.4) is 0 Å². The van der Waals surface area contributed by atoms with E-state index in [1.54, 1.807) is 11.3 Å². The van der Waals surface area contributed by atoms with Crippen LogP contribution < -0.4 is 11.1 Å². The van der Waals surface area contributed by atoms with Gasteiger partial charge < -0.3 is 11.1 Å². The molecule has 1 aromatic carbocycles. The Hall–Kier alpha value is -1.81. The minimum Gasteiger partial charge on any atom is -0.390 e. The number of nitrogens with two attached hydrogens (primary N) is 1. The largest absolute Gasteiger partial charge is 0.390 e. The average molecular weight is 343 g/mol. The maximum atomic E-state index is 12.8. The quantitative estimate of drug-likeness (QED) is 0.803. The van der Waals surface area contributed by atoms with Crippen LogP contribution in [0.2, 0.25) is 0 Å². The van der Waals surface area contributed by atoms with E-state index in [0.717, 1.165) is 30.5 Å². The van der Waals surface area contributed by atoms with Gasteiger partial charge in [-0.25, -0.2) is 0 Å². The molecule has 1 atom stereocenters. The molecule has 0 radical (unpaired) electrons. The molecule has 0 bridgehead atoms. The van der Waals surface area contributed by atoms with Crippen molar-refractivity contribution in [3.05, 3.63) is 45.8 Å². The van der Waals surface area contributed by atoms with Gasteiger partial charge in [-0.05, 0) is 60.8 Å². The Balaban J connectivity index is 1.85. The van der Waals surface area contributed by atoms with Crippen molar-refractivity contribution in [1.29, 1.82) is 0 Å². The van der Waals surface area contributed by atoms with Gasteiger partial charge >= 0.3 is 0 Å². The van der Waals surface area contributed by atoms with Gasteiger partial charge in [0, 0.05) is 10.6 Å². The molecule has 3 N–H and O–H groups in total. The molecule has 0 aliphatic heterocycles. The van der Waals surface area contributed by atoms with Crippen molar-refractivity contribution >= 4 is 27.9 Å². The van der Waals surface area contributed by atoms with E-state index in [-0.39, 0.29) is 5.91 Å². The van der Waals surface area contributed by atoms with E-state index in [1.165, 1.54) is 10.4 Å². The Labute approximate surface area is 148 Å². The van der Waals surface area contributed by atoms with Gasteiger partial charge in [0.2, 0.25) is 0 Å². The summed E-state index contributed by atoms with van der Waals surface area (Å²) in [5.74, 6) is 0.570. The Morgan fingerprint density at radius 3 is 2.75 bits per heavy atom. The number of carbonyl (C=O) groups excluding carboxylic acids is 1. The van der Waals surface area contributed by atoms with Gasteiger partial charge in [0.05, 0.1) is 10.6 Å². The number of carbonyl (C=O) groups is 1. The van der Waals surface area contributed by atoms with Crippen LogP contribution in [0.25, 0.3) is 0 Å². The summed E-state index contributed by atoms with van der Waals surface area (Å²) in [4.78, 5) is 14.1. The predicted octanol–water partition coefficient (Wildman–Crippen LogP) is 5.04. The van der Waals surface area contributed by atoms with E-state index < -0.39 is 0 Å². The lowest BCUT2D eigenvalue weighted by Gasteiger charge is -2.33. The molecule has 0 fully saturated rings. The summed E-state index contributed by atoms with van der Waals surface area (Å²) in [6.07, 6.45) is 3.10. The van der Waals surface area contributed by atoms with Crippen LogP contribution in [-0.4, -0.2) is 5.91 Å². The lowest BCUT2D eigenvalue weighted by atomic mass is 9.72. The van der Waals surface area contributed by atoms with E-state index in [9.17, 15) is 4.79 Å². The van der Waals surface area contributed by atoms with Crippen molar-refractivity contribution < 1.29 is 4.79 Å². The monoisotopic (exact) mass is 342 g/mol. The molecule has 3 rings (SSSR count). The van der Waals surface area contributed by atoms with E-state index in [2.05, 4.69) is 26.1 Å². The third-order valence-corrected chi connectivity index (χ3v) is 6.10. The van der Waals surface area contributed by atoms with Crippen LogP contribution in [0.15, 0.2) is 24.3 Å². The average Bonchev–Trinajstić information content (AvgIpc) is 2.81. The van der Waals surface area contributed by atoms with Crippen molar-refractivity contribution in [2.45, 2.75) is 47.0 Å². The maximum Gasteiger partial charge on any atom is 0.258 e. The molecule has 0 saturated carbocycles. The van der Waals surface area contributed by atoms with Crippen molar-refractivity contribution in [1.82, 2.24) is 0 Å². The van der Waals surface area contributed by atoms with Gasteiger partial charge in [-0.1, -0.05) is 32.9 Å². The highest BCUT2D eigenvalue weighted by molar-refractivity contribution is 7.16. The van der Waals surface area contributed by atoms with E-state index in [1.807, 2.05) is 31.2 Å². The van der Waals surface area contributed by atoms with Gasteiger partial charge in [-0.15, -0.1) is 11.3 Å². The summed E-state index contributed by atoms with van der Waals surface area (Å²) in [5, 5.41) is 3.66. The minimum atomic E-state index is -0.0789. The molecule has 2 aromatic rings. The number of hydrogen-bond donors (Lipinski definition) is 2. The first-order valence-corrected chi connectivity index (χ1v) is 9.35. The summed E-state index contributed by atoms with van der Waals surface area (Å²) in [5.41, 5.74) is 10.3. The molecule has 1 heterocycles. The van der Waals surface area contributed by atoms with E-state index in [0.29, 0.717) is 21.9 Å². The van der Waals surface area contributed by atoms with E-state index >= 15 is 0 Å². The smallest absolute Gasteiger partial charge is 0.258 e. The second kappa shape index (κ2) is 6.25. The number of amides is 1. The van der Waals surface area contributed by atoms with Gasteiger partial charge in [0.1, 0.15) is 0 Å². The van der Waals surface area contributed by atoms with Crippen molar-refractivity contribution in [3.63, 3.8) is 0 Å². The lowest BCUT2D eigenvalue weighted by molar-refractivity contribution is 0.102. The third kappa shape index (κ3) is 3.34. The van der Waals surface area contributed by atoms with Gasteiger partial charge in [-0.3, -0.25) is 4.79 Å². The SMILES string of the molecule is Cc1cccc(NC(=O)c2c(N)sc3c2CC[C@@H](C(C)(C)C)C3)c1. The van der Waals surface area contributed by atoms with Crippen LogP contribution in [-0.2, 0) is 12.8 Å². The molecule has 24 heavy (non-hydrogen) atoms. The zero-order chi connectivity index (χ0) is 17.5. The molecule has 0 spiro atoms. The molecule has 0 saturated heterocycles. The first kappa shape index (κ1) is 17.0. The topological polar surface area (TPSA) is 55.1 Å². The first-order chi connectivity index (χ1) is 11.3. The number of rotatable bonds is 2. The fourth-order valence-corrected chi connectivity index (χ4v) is 4.71. The minimum absolute atomic E-state index is 0.0789. The van der Waals surface area contributed by atoms with Crippen LogP contribution in [0.1, 0.15) is 53.6 Å². The van der Waals surface area contributed by atoms with Gasteiger partial charge in [0.15, 0.2) is 0 Å². The Morgan fingerprint density at radius 2 is 2.08 bits per heavy atom. The summed E-state index contributed by atoms with van der Waals surface area (Å²) < 4.78 is 0. The molecule has 1 amide bonds. The fourth-order valence-electron chi connectivity index (χ4n) is 3.51. The summed E-state index contributed by atoms with van der Waals surface area (Å²) in [6.45, 7) is 8.91. The number of hydrogen-bond acceptors (Lipinski definition) is 3. The van der Waals surface area contributed by atoms with Crippen LogP contribution in [0.4, 0.5) is 10.7 Å². The molecule has 128 valence electrons. The number of fused-ring (bicyclic) bond motifs is 1. The maximum absolute atomic E-state index is 12.8. The van der Waals surface area contributed by atoms with Crippen LogP contribution in [0, 0.1) is 18.3 Å². The first-order valence-electron chi connectivity index (χ1n) is 8.53. The van der Waals surface area contributed by atoms with Gasteiger partial charge in [-0.2, -0.15) is 0 Å². The fraction of sp³-hybridized carbons (Fsp3) is 0.450. The van der Waals surface area contributed by atoms with Gasteiger partial charge in [0.25, 0.3) is 5.91 Å². The number of thiophene rings is 1. The predicted molar refractivity (Wildman–Crippen MR) is 103 cm³/mol. The standard InChI is InChI=1S/C20H26N2OS/c1-12-6-5-7-14(10-12)22-19(23)17-15-9-8-13(20(2,3)4)11-16(15)24-18(17)21/h5-7,10,13H,8-9,11,21H2,1-4H3,(H,22,23)/t13-/m1/s1. The lowest BCUT2D eigenvalue weighted by Crippen LogP contribution is -2.27. The molecular formula is C20H26N2OS. The number of anilines is 2.